The van der Waals surface area contributed by atoms with E-state index in [1.165, 1.54) is 12.1 Å². The minimum atomic E-state index is -0.324. The smallest absolute Gasteiger partial charge is 0.252 e. The Morgan fingerprint density at radius 1 is 1.48 bits per heavy atom. The van der Waals surface area contributed by atoms with Crippen LogP contribution in [0, 0.1) is 5.82 Å². The maximum Gasteiger partial charge on any atom is 0.252 e. The number of nitrogens with zero attached hydrogens (tertiary/aromatic N) is 3. The van der Waals surface area contributed by atoms with Crippen LogP contribution in [0.2, 0.25) is 0 Å². The van der Waals surface area contributed by atoms with E-state index in [9.17, 15) is 9.18 Å². The molecule has 1 unspecified atom stereocenters. The maximum absolute atomic E-state index is 13.3. The Labute approximate surface area is 146 Å². The first-order valence-electron chi connectivity index (χ1n) is 8.58. The molecule has 0 radical (unpaired) electrons. The Balaban J connectivity index is 1.60. The van der Waals surface area contributed by atoms with Crippen LogP contribution < -0.4 is 0 Å². The molecule has 1 aromatic carbocycles. The Bertz CT molecular complexity index is 719. The highest BCUT2D eigenvalue weighted by Crippen LogP contribution is 2.25. The number of carbonyl (C=O) groups is 1. The lowest BCUT2D eigenvalue weighted by Gasteiger charge is -2.31. The predicted molar refractivity (Wildman–Crippen MR) is 88.3 cm³/mol. The minimum Gasteiger partial charge on any atom is -0.372 e. The van der Waals surface area contributed by atoms with Crippen LogP contribution in [0.4, 0.5) is 4.39 Å². The number of likely N-dealkylation sites (tertiary alicyclic amines) is 1. The Kier molecular flexibility index (Phi) is 5.75. The number of rotatable bonds is 6. The van der Waals surface area contributed by atoms with Crippen molar-refractivity contribution in [3.05, 3.63) is 47.4 Å². The van der Waals surface area contributed by atoms with Gasteiger partial charge < -0.3 is 14.2 Å². The summed E-state index contributed by atoms with van der Waals surface area (Å²) in [6.07, 6.45) is 2.00. The fourth-order valence-electron chi connectivity index (χ4n) is 3.03. The molecule has 134 valence electrons. The van der Waals surface area contributed by atoms with Gasteiger partial charge >= 0.3 is 0 Å². The van der Waals surface area contributed by atoms with E-state index >= 15 is 0 Å². The second kappa shape index (κ2) is 8.20. The van der Waals surface area contributed by atoms with E-state index in [0.29, 0.717) is 43.6 Å². The van der Waals surface area contributed by atoms with Crippen LogP contribution in [0.5, 0.6) is 0 Å². The molecule has 0 N–H and O–H groups in total. The van der Waals surface area contributed by atoms with Crippen molar-refractivity contribution in [2.24, 2.45) is 0 Å². The van der Waals surface area contributed by atoms with Crippen molar-refractivity contribution in [1.29, 1.82) is 0 Å². The molecule has 1 aliphatic rings. The molecule has 1 fully saturated rings. The Morgan fingerprint density at radius 3 is 3.16 bits per heavy atom. The third-order valence-corrected chi connectivity index (χ3v) is 4.30. The van der Waals surface area contributed by atoms with Crippen LogP contribution in [0.15, 0.2) is 28.8 Å². The molecule has 0 aliphatic carbocycles. The number of hydrogen-bond acceptors (Lipinski definition) is 5. The molecule has 1 aliphatic heterocycles. The Hall–Kier alpha value is -2.28. The molecule has 1 saturated heterocycles. The van der Waals surface area contributed by atoms with Gasteiger partial charge in [0.1, 0.15) is 12.4 Å². The van der Waals surface area contributed by atoms with Gasteiger partial charge in [-0.1, -0.05) is 17.3 Å². The summed E-state index contributed by atoms with van der Waals surface area (Å²) in [7, 11) is 0. The number of carbonyl (C=O) groups excluding carboxylic acids is 1. The molecular formula is C18H22FN3O3. The van der Waals surface area contributed by atoms with Gasteiger partial charge in [-0.2, -0.15) is 4.98 Å². The number of benzene rings is 1. The molecule has 2 heterocycles. The highest BCUT2D eigenvalue weighted by molar-refractivity contribution is 5.79. The number of piperidine rings is 1. The van der Waals surface area contributed by atoms with Crippen molar-refractivity contribution in [1.82, 2.24) is 15.0 Å². The summed E-state index contributed by atoms with van der Waals surface area (Å²) in [5, 5.41) is 4.03. The van der Waals surface area contributed by atoms with Gasteiger partial charge in [-0.3, -0.25) is 4.79 Å². The van der Waals surface area contributed by atoms with Gasteiger partial charge in [0.25, 0.3) is 5.89 Å². The number of halogens is 1. The standard InChI is InChI=1S/C18H22FN3O3/c1-2-24-12-16-20-18(21-25-16)14-6-4-8-22(11-14)17(23)10-13-5-3-7-15(19)9-13/h3,5,7,9,14H,2,4,6,8,10-12H2,1H3. The topological polar surface area (TPSA) is 68.5 Å². The zero-order chi connectivity index (χ0) is 17.6. The molecule has 6 nitrogen and oxygen atoms in total. The van der Waals surface area contributed by atoms with Crippen molar-refractivity contribution in [3.8, 4) is 0 Å². The average molecular weight is 347 g/mol. The molecule has 3 rings (SSSR count). The van der Waals surface area contributed by atoms with Crippen LogP contribution in [0.25, 0.3) is 0 Å². The first-order valence-corrected chi connectivity index (χ1v) is 8.58. The summed E-state index contributed by atoms with van der Waals surface area (Å²) in [4.78, 5) is 18.7. The minimum absolute atomic E-state index is 0.00617. The Morgan fingerprint density at radius 2 is 2.36 bits per heavy atom. The predicted octanol–water partition coefficient (Wildman–Crippen LogP) is 2.69. The van der Waals surface area contributed by atoms with Crippen molar-refractivity contribution in [3.63, 3.8) is 0 Å². The summed E-state index contributed by atoms with van der Waals surface area (Å²) < 4.78 is 23.7. The van der Waals surface area contributed by atoms with Gasteiger partial charge in [0.2, 0.25) is 5.91 Å². The van der Waals surface area contributed by atoms with E-state index in [-0.39, 0.29) is 24.1 Å². The number of aromatic nitrogens is 2. The van der Waals surface area contributed by atoms with Gasteiger partial charge in [0, 0.05) is 25.6 Å². The van der Waals surface area contributed by atoms with Crippen molar-refractivity contribution in [2.45, 2.75) is 38.7 Å². The van der Waals surface area contributed by atoms with Crippen LogP contribution in [0.3, 0.4) is 0 Å². The van der Waals surface area contributed by atoms with Crippen LogP contribution >= 0.6 is 0 Å². The maximum atomic E-state index is 13.3. The summed E-state index contributed by atoms with van der Waals surface area (Å²) >= 11 is 0. The molecule has 1 atom stereocenters. The van der Waals surface area contributed by atoms with Crippen molar-refractivity contribution >= 4 is 5.91 Å². The van der Waals surface area contributed by atoms with Gasteiger partial charge in [0.05, 0.1) is 6.42 Å². The largest absolute Gasteiger partial charge is 0.372 e. The van der Waals surface area contributed by atoms with Crippen molar-refractivity contribution in [2.75, 3.05) is 19.7 Å². The van der Waals surface area contributed by atoms with Gasteiger partial charge in [-0.25, -0.2) is 4.39 Å². The molecule has 2 aromatic rings. The third kappa shape index (κ3) is 4.63. The van der Waals surface area contributed by atoms with Gasteiger partial charge in [-0.05, 0) is 37.5 Å². The quantitative estimate of drug-likeness (QED) is 0.804. The van der Waals surface area contributed by atoms with Gasteiger partial charge in [0.15, 0.2) is 5.82 Å². The molecule has 1 amide bonds. The zero-order valence-electron chi connectivity index (χ0n) is 14.3. The van der Waals surface area contributed by atoms with Crippen LogP contribution in [-0.2, 0) is 22.6 Å². The molecule has 25 heavy (non-hydrogen) atoms. The van der Waals surface area contributed by atoms with E-state index in [1.807, 2.05) is 6.92 Å². The number of hydrogen-bond donors (Lipinski definition) is 0. The molecular weight excluding hydrogens is 325 g/mol. The monoisotopic (exact) mass is 347 g/mol. The van der Waals surface area contributed by atoms with E-state index in [1.54, 1.807) is 17.0 Å². The molecule has 0 bridgehead atoms. The first-order chi connectivity index (χ1) is 12.2. The highest BCUT2D eigenvalue weighted by atomic mass is 19.1. The lowest BCUT2D eigenvalue weighted by Crippen LogP contribution is -2.40. The van der Waals surface area contributed by atoms with Gasteiger partial charge in [-0.15, -0.1) is 0 Å². The SMILES string of the molecule is CCOCc1nc(C2CCCN(C(=O)Cc3cccc(F)c3)C2)no1. The second-order valence-corrected chi connectivity index (χ2v) is 6.17. The second-order valence-electron chi connectivity index (χ2n) is 6.17. The number of amides is 1. The molecule has 0 saturated carbocycles. The van der Waals surface area contributed by atoms with Crippen LogP contribution in [-0.4, -0.2) is 40.6 Å². The first kappa shape index (κ1) is 17.5. The molecule has 1 aromatic heterocycles. The number of ether oxygens (including phenoxy) is 1. The van der Waals surface area contributed by atoms with E-state index in [4.69, 9.17) is 9.26 Å². The zero-order valence-corrected chi connectivity index (χ0v) is 14.3. The molecule has 0 spiro atoms. The van der Waals surface area contributed by atoms with Crippen LogP contribution in [0.1, 0.15) is 43.0 Å². The van der Waals surface area contributed by atoms with E-state index in [0.717, 1.165) is 12.8 Å². The fourth-order valence-corrected chi connectivity index (χ4v) is 3.03. The summed E-state index contributed by atoms with van der Waals surface area (Å²) in [6.45, 7) is 4.05. The summed E-state index contributed by atoms with van der Waals surface area (Å²) in [6, 6.07) is 6.16. The normalized spacial score (nSPS) is 17.7. The third-order valence-electron chi connectivity index (χ3n) is 4.30. The highest BCUT2D eigenvalue weighted by Gasteiger charge is 2.28. The molecule has 7 heteroatoms. The lowest BCUT2D eigenvalue weighted by atomic mass is 9.96. The summed E-state index contributed by atoms with van der Waals surface area (Å²) in [5.74, 6) is 0.811. The lowest BCUT2D eigenvalue weighted by molar-refractivity contribution is -0.131. The fraction of sp³-hybridized carbons (Fsp3) is 0.500. The van der Waals surface area contributed by atoms with E-state index in [2.05, 4.69) is 10.1 Å². The van der Waals surface area contributed by atoms with E-state index < -0.39 is 0 Å². The van der Waals surface area contributed by atoms with Crippen molar-refractivity contribution < 1.29 is 18.4 Å². The summed E-state index contributed by atoms with van der Waals surface area (Å²) in [5.41, 5.74) is 0.686. The average Bonchev–Trinajstić information content (AvgIpc) is 3.09.